The van der Waals surface area contributed by atoms with Crippen LogP contribution in [0.15, 0.2) is 66.7 Å². The first-order chi connectivity index (χ1) is 16.5. The van der Waals surface area contributed by atoms with E-state index in [1.807, 2.05) is 71.1 Å². The van der Waals surface area contributed by atoms with Crippen LogP contribution in [0.4, 0.5) is 0 Å². The van der Waals surface area contributed by atoms with Crippen LogP contribution in [0.1, 0.15) is 40.9 Å². The topological polar surface area (TPSA) is 67.2 Å². The molecular formula is C28H32N4O2. The molecule has 0 saturated carbocycles. The molecule has 1 aliphatic rings. The first-order valence-corrected chi connectivity index (χ1v) is 11.9. The molecule has 2 aromatic carbocycles. The highest BCUT2D eigenvalue weighted by atomic mass is 16.2. The van der Waals surface area contributed by atoms with E-state index in [1.54, 1.807) is 6.08 Å². The van der Waals surface area contributed by atoms with E-state index in [1.165, 1.54) is 5.56 Å². The Bertz CT molecular complexity index is 1140. The lowest BCUT2D eigenvalue weighted by Gasteiger charge is -2.30. The van der Waals surface area contributed by atoms with Gasteiger partial charge in [0.2, 0.25) is 11.8 Å². The average Bonchev–Trinajstić information content (AvgIpc) is 3.14. The second kappa shape index (κ2) is 11.0. The minimum atomic E-state index is -0.0675. The predicted molar refractivity (Wildman–Crippen MR) is 134 cm³/mol. The lowest BCUT2D eigenvalue weighted by atomic mass is 9.95. The summed E-state index contributed by atoms with van der Waals surface area (Å²) in [6.07, 6.45) is 4.82. The number of carbonyl (C=O) groups excluding carboxylic acids is 2. The Labute approximate surface area is 201 Å². The number of hydrogen-bond acceptors (Lipinski definition) is 3. The highest BCUT2D eigenvalue weighted by Crippen LogP contribution is 2.19. The van der Waals surface area contributed by atoms with Crippen molar-refractivity contribution in [3.8, 4) is 0 Å². The van der Waals surface area contributed by atoms with Crippen molar-refractivity contribution in [3.05, 3.63) is 94.8 Å². The van der Waals surface area contributed by atoms with E-state index in [9.17, 15) is 9.59 Å². The molecule has 4 rings (SSSR count). The van der Waals surface area contributed by atoms with E-state index in [-0.39, 0.29) is 17.7 Å². The molecule has 1 aromatic heterocycles. The number of amides is 2. The van der Waals surface area contributed by atoms with Crippen molar-refractivity contribution in [2.75, 3.05) is 13.1 Å². The molecule has 0 aliphatic carbocycles. The molecule has 0 spiro atoms. The van der Waals surface area contributed by atoms with E-state index in [2.05, 4.69) is 29.5 Å². The molecule has 1 aliphatic heterocycles. The molecule has 1 N–H and O–H groups in total. The van der Waals surface area contributed by atoms with Crippen molar-refractivity contribution in [2.24, 2.45) is 5.92 Å². The maximum Gasteiger partial charge on any atom is 0.246 e. The summed E-state index contributed by atoms with van der Waals surface area (Å²) in [5.74, 6) is -0.0107. The molecule has 176 valence electrons. The Morgan fingerprint density at radius 1 is 1.00 bits per heavy atom. The predicted octanol–water partition coefficient (Wildman–Crippen LogP) is 4.12. The molecule has 0 radical (unpaired) electrons. The number of aryl methyl sites for hydroxylation is 1. The Morgan fingerprint density at radius 2 is 1.65 bits per heavy atom. The van der Waals surface area contributed by atoms with Crippen LogP contribution < -0.4 is 5.32 Å². The number of carbonyl (C=O) groups is 2. The van der Waals surface area contributed by atoms with Crippen LogP contribution in [0.2, 0.25) is 0 Å². The third-order valence-corrected chi connectivity index (χ3v) is 6.54. The molecule has 1 fully saturated rings. The molecule has 3 aromatic rings. The SMILES string of the molecule is Cc1nn(Cc2ccccc2)c(C)c1CNC(=O)C1CCN(C(=O)/C=C/c2ccccc2)CC1. The zero-order chi connectivity index (χ0) is 23.9. The van der Waals surface area contributed by atoms with Crippen molar-refractivity contribution in [1.29, 1.82) is 0 Å². The Hall–Kier alpha value is -3.67. The van der Waals surface area contributed by atoms with Gasteiger partial charge in [0.1, 0.15) is 0 Å². The van der Waals surface area contributed by atoms with Crippen LogP contribution >= 0.6 is 0 Å². The van der Waals surface area contributed by atoms with Crippen LogP contribution in [-0.2, 0) is 22.7 Å². The fourth-order valence-corrected chi connectivity index (χ4v) is 4.42. The number of aromatic nitrogens is 2. The molecule has 0 unspecified atom stereocenters. The Balaban J connectivity index is 1.27. The van der Waals surface area contributed by atoms with Gasteiger partial charge in [-0.1, -0.05) is 60.7 Å². The summed E-state index contributed by atoms with van der Waals surface area (Å²) in [6, 6.07) is 20.0. The van der Waals surface area contributed by atoms with Crippen molar-refractivity contribution in [3.63, 3.8) is 0 Å². The lowest BCUT2D eigenvalue weighted by molar-refractivity contribution is -0.132. The number of nitrogens with one attached hydrogen (secondary N) is 1. The third-order valence-electron chi connectivity index (χ3n) is 6.54. The molecule has 0 atom stereocenters. The second-order valence-corrected chi connectivity index (χ2v) is 8.85. The van der Waals surface area contributed by atoms with Gasteiger partial charge in [0.25, 0.3) is 0 Å². The maximum absolute atomic E-state index is 12.8. The van der Waals surface area contributed by atoms with Crippen molar-refractivity contribution in [1.82, 2.24) is 20.0 Å². The number of nitrogens with zero attached hydrogens (tertiary/aromatic N) is 3. The molecule has 2 amide bonds. The van der Waals surface area contributed by atoms with Crippen LogP contribution in [-0.4, -0.2) is 39.6 Å². The van der Waals surface area contributed by atoms with Gasteiger partial charge in [0, 0.05) is 42.9 Å². The monoisotopic (exact) mass is 456 g/mol. The number of rotatable bonds is 7. The van der Waals surface area contributed by atoms with Crippen LogP contribution in [0.5, 0.6) is 0 Å². The molecule has 1 saturated heterocycles. The highest BCUT2D eigenvalue weighted by Gasteiger charge is 2.26. The third kappa shape index (κ3) is 5.81. The maximum atomic E-state index is 12.8. The quantitative estimate of drug-likeness (QED) is 0.544. The zero-order valence-corrected chi connectivity index (χ0v) is 19.9. The van der Waals surface area contributed by atoms with Crippen molar-refractivity contribution in [2.45, 2.75) is 39.8 Å². The van der Waals surface area contributed by atoms with Crippen LogP contribution in [0.25, 0.3) is 6.08 Å². The fourth-order valence-electron chi connectivity index (χ4n) is 4.42. The van der Waals surface area contributed by atoms with Crippen LogP contribution in [0, 0.1) is 19.8 Å². The van der Waals surface area contributed by atoms with Gasteiger partial charge in [-0.2, -0.15) is 5.10 Å². The van der Waals surface area contributed by atoms with Gasteiger partial charge in [0.05, 0.1) is 12.2 Å². The highest BCUT2D eigenvalue weighted by molar-refractivity contribution is 5.92. The minimum absolute atomic E-state index is 0.000193. The number of benzene rings is 2. The smallest absolute Gasteiger partial charge is 0.246 e. The molecular weight excluding hydrogens is 424 g/mol. The normalized spacial score (nSPS) is 14.5. The molecule has 34 heavy (non-hydrogen) atoms. The average molecular weight is 457 g/mol. The molecule has 2 heterocycles. The standard InChI is InChI=1S/C28H32N4O2/c1-21-26(22(2)32(30-21)20-24-11-7-4-8-12-24)19-29-28(34)25-15-17-31(18-16-25)27(33)14-13-23-9-5-3-6-10-23/h3-14,25H,15-20H2,1-2H3,(H,29,34)/b14-13+. The summed E-state index contributed by atoms with van der Waals surface area (Å²) in [5.41, 5.74) is 5.29. The van der Waals surface area contributed by atoms with Crippen LogP contribution in [0.3, 0.4) is 0 Å². The summed E-state index contributed by atoms with van der Waals surface area (Å²) < 4.78 is 2.00. The van der Waals surface area contributed by atoms with E-state index < -0.39 is 0 Å². The molecule has 0 bridgehead atoms. The first kappa shape index (κ1) is 23.5. The number of hydrogen-bond donors (Lipinski definition) is 1. The lowest BCUT2D eigenvalue weighted by Crippen LogP contribution is -2.42. The van der Waals surface area contributed by atoms with Crippen molar-refractivity contribution >= 4 is 17.9 Å². The number of likely N-dealkylation sites (tertiary alicyclic amines) is 1. The largest absolute Gasteiger partial charge is 0.352 e. The van der Waals surface area contributed by atoms with Gasteiger partial charge >= 0.3 is 0 Å². The van der Waals surface area contributed by atoms with E-state index in [4.69, 9.17) is 0 Å². The minimum Gasteiger partial charge on any atom is -0.352 e. The van der Waals surface area contributed by atoms with E-state index in [0.717, 1.165) is 22.5 Å². The van der Waals surface area contributed by atoms with Gasteiger partial charge in [-0.3, -0.25) is 14.3 Å². The summed E-state index contributed by atoms with van der Waals surface area (Å²) in [4.78, 5) is 27.1. The second-order valence-electron chi connectivity index (χ2n) is 8.85. The van der Waals surface area contributed by atoms with E-state index in [0.29, 0.717) is 39.0 Å². The zero-order valence-electron chi connectivity index (χ0n) is 19.9. The first-order valence-electron chi connectivity index (χ1n) is 11.9. The molecule has 6 nitrogen and oxygen atoms in total. The molecule has 6 heteroatoms. The van der Waals surface area contributed by atoms with E-state index >= 15 is 0 Å². The van der Waals surface area contributed by atoms with Gasteiger partial charge in [-0.05, 0) is 43.9 Å². The van der Waals surface area contributed by atoms with Gasteiger partial charge in [-0.25, -0.2) is 0 Å². The summed E-state index contributed by atoms with van der Waals surface area (Å²) in [6.45, 7) is 6.43. The number of piperidine rings is 1. The summed E-state index contributed by atoms with van der Waals surface area (Å²) in [7, 11) is 0. The van der Waals surface area contributed by atoms with Gasteiger partial charge in [0.15, 0.2) is 0 Å². The van der Waals surface area contributed by atoms with Gasteiger partial charge in [-0.15, -0.1) is 0 Å². The summed E-state index contributed by atoms with van der Waals surface area (Å²) >= 11 is 0. The summed E-state index contributed by atoms with van der Waals surface area (Å²) in [5, 5.41) is 7.79. The fraction of sp³-hybridized carbons (Fsp3) is 0.321. The van der Waals surface area contributed by atoms with Crippen molar-refractivity contribution < 1.29 is 9.59 Å². The van der Waals surface area contributed by atoms with Gasteiger partial charge < -0.3 is 10.2 Å². The Morgan fingerprint density at radius 3 is 2.32 bits per heavy atom. The Kier molecular flexibility index (Phi) is 7.58.